The second kappa shape index (κ2) is 6.14. The molecule has 3 saturated heterocycles. The first-order chi connectivity index (χ1) is 14.9. The molecule has 4 aliphatic rings. The van der Waals surface area contributed by atoms with E-state index in [1.165, 1.54) is 24.3 Å². The standard InChI is InChI=1S/C23H19ClFN3O3/c1-11-15(24)9-8-14-19(11)26-22(31)23(14)18-17(16-3-2-10-27(16)23)20(29)28(21(18)30)13-6-4-12(25)5-7-13/h4-9,16-18H,2-3,10H2,1H3,(H,26,31)/t16-,17+,18-,23+/m0/s1. The molecule has 4 atom stereocenters. The largest absolute Gasteiger partial charge is 0.324 e. The van der Waals surface area contributed by atoms with E-state index in [2.05, 4.69) is 10.2 Å². The monoisotopic (exact) mass is 439 g/mol. The molecule has 8 heteroatoms. The van der Waals surface area contributed by atoms with E-state index in [-0.39, 0.29) is 17.9 Å². The molecule has 2 aromatic rings. The van der Waals surface area contributed by atoms with E-state index in [1.807, 2.05) is 6.92 Å². The van der Waals surface area contributed by atoms with Gasteiger partial charge in [0.2, 0.25) is 17.7 Å². The molecule has 0 radical (unpaired) electrons. The van der Waals surface area contributed by atoms with Gasteiger partial charge in [-0.3, -0.25) is 19.3 Å². The van der Waals surface area contributed by atoms with Crippen LogP contribution in [-0.4, -0.2) is 35.2 Å². The molecule has 1 N–H and O–H groups in total. The van der Waals surface area contributed by atoms with E-state index in [0.29, 0.717) is 28.5 Å². The highest BCUT2D eigenvalue weighted by Crippen LogP contribution is 2.61. The van der Waals surface area contributed by atoms with Crippen LogP contribution in [-0.2, 0) is 19.9 Å². The Labute approximate surface area is 183 Å². The Kier molecular flexibility index (Phi) is 3.76. The molecule has 3 fully saturated rings. The van der Waals surface area contributed by atoms with Crippen LogP contribution in [0.4, 0.5) is 15.8 Å². The number of nitrogens with one attached hydrogen (secondary N) is 1. The van der Waals surface area contributed by atoms with Crippen LogP contribution in [0, 0.1) is 24.6 Å². The zero-order valence-electron chi connectivity index (χ0n) is 16.7. The number of halogens is 2. The summed E-state index contributed by atoms with van der Waals surface area (Å²) in [6.07, 6.45) is 1.59. The summed E-state index contributed by atoms with van der Waals surface area (Å²) in [7, 11) is 0. The van der Waals surface area contributed by atoms with Crippen LogP contribution in [0.2, 0.25) is 5.02 Å². The minimum atomic E-state index is -1.24. The molecule has 158 valence electrons. The average molecular weight is 440 g/mol. The summed E-state index contributed by atoms with van der Waals surface area (Å²) in [5.41, 5.74) is 1.18. The summed E-state index contributed by atoms with van der Waals surface area (Å²) in [4.78, 5) is 44.1. The lowest BCUT2D eigenvalue weighted by molar-refractivity contribution is -0.135. The Morgan fingerprint density at radius 3 is 2.58 bits per heavy atom. The summed E-state index contributed by atoms with van der Waals surface area (Å²) < 4.78 is 13.4. The highest BCUT2D eigenvalue weighted by atomic mass is 35.5. The third-order valence-corrected chi connectivity index (χ3v) is 7.86. The molecule has 0 saturated carbocycles. The van der Waals surface area contributed by atoms with Crippen molar-refractivity contribution >= 4 is 40.7 Å². The lowest BCUT2D eigenvalue weighted by atomic mass is 9.75. The predicted octanol–water partition coefficient (Wildman–Crippen LogP) is 3.22. The van der Waals surface area contributed by atoms with E-state index in [4.69, 9.17) is 11.6 Å². The van der Waals surface area contributed by atoms with Gasteiger partial charge in [0.1, 0.15) is 11.4 Å². The number of amides is 3. The van der Waals surface area contributed by atoms with Crippen LogP contribution in [0.1, 0.15) is 24.0 Å². The maximum Gasteiger partial charge on any atom is 0.250 e. The Morgan fingerprint density at radius 1 is 1.10 bits per heavy atom. The van der Waals surface area contributed by atoms with E-state index in [0.717, 1.165) is 23.3 Å². The average Bonchev–Trinajstić information content (AvgIpc) is 3.45. The first-order valence-electron chi connectivity index (χ1n) is 10.4. The number of hydrogen-bond donors (Lipinski definition) is 1. The normalized spacial score (nSPS) is 31.4. The summed E-state index contributed by atoms with van der Waals surface area (Å²) in [6.45, 7) is 2.48. The van der Waals surface area contributed by atoms with Gasteiger partial charge in [-0.15, -0.1) is 0 Å². The fourth-order valence-electron chi connectivity index (χ4n) is 6.24. The van der Waals surface area contributed by atoms with Crippen molar-refractivity contribution in [2.75, 3.05) is 16.8 Å². The van der Waals surface area contributed by atoms with E-state index in [9.17, 15) is 18.8 Å². The minimum absolute atomic E-state index is 0.195. The summed E-state index contributed by atoms with van der Waals surface area (Å²) in [6, 6.07) is 8.66. The van der Waals surface area contributed by atoms with Gasteiger partial charge in [-0.1, -0.05) is 17.7 Å². The van der Waals surface area contributed by atoms with Crippen molar-refractivity contribution in [3.63, 3.8) is 0 Å². The number of fused-ring (bicyclic) bond motifs is 7. The van der Waals surface area contributed by atoms with Crippen molar-refractivity contribution in [3.05, 3.63) is 58.4 Å². The predicted molar refractivity (Wildman–Crippen MR) is 112 cm³/mol. The Morgan fingerprint density at radius 2 is 1.84 bits per heavy atom. The molecule has 3 amide bonds. The number of anilines is 2. The van der Waals surface area contributed by atoms with Gasteiger partial charge in [-0.2, -0.15) is 0 Å². The third-order valence-electron chi connectivity index (χ3n) is 7.45. The number of hydrogen-bond acceptors (Lipinski definition) is 4. The molecule has 0 aromatic heterocycles. The van der Waals surface area contributed by atoms with Crippen LogP contribution in [0.25, 0.3) is 0 Å². The molecule has 0 bridgehead atoms. The summed E-state index contributed by atoms with van der Waals surface area (Å²) >= 11 is 6.30. The zero-order chi connectivity index (χ0) is 21.7. The molecule has 1 spiro atoms. The molecular formula is C23H19ClFN3O3. The fraction of sp³-hybridized carbons (Fsp3) is 0.348. The second-order valence-electron chi connectivity index (χ2n) is 8.71. The molecule has 6 rings (SSSR count). The van der Waals surface area contributed by atoms with E-state index < -0.39 is 29.1 Å². The van der Waals surface area contributed by atoms with Gasteiger partial charge < -0.3 is 5.32 Å². The number of nitrogens with zero attached hydrogens (tertiary/aromatic N) is 2. The van der Waals surface area contributed by atoms with Crippen molar-refractivity contribution in [2.24, 2.45) is 11.8 Å². The topological polar surface area (TPSA) is 69.7 Å². The van der Waals surface area contributed by atoms with Gasteiger partial charge in [0.05, 0.1) is 23.2 Å². The van der Waals surface area contributed by atoms with Gasteiger partial charge in [0, 0.05) is 16.6 Å². The highest BCUT2D eigenvalue weighted by Gasteiger charge is 2.74. The van der Waals surface area contributed by atoms with Crippen molar-refractivity contribution in [1.82, 2.24) is 4.90 Å². The maximum absolute atomic E-state index is 13.8. The molecule has 31 heavy (non-hydrogen) atoms. The number of benzene rings is 2. The quantitative estimate of drug-likeness (QED) is 0.693. The van der Waals surface area contributed by atoms with Crippen LogP contribution in [0.3, 0.4) is 0 Å². The zero-order valence-corrected chi connectivity index (χ0v) is 17.4. The van der Waals surface area contributed by atoms with E-state index >= 15 is 0 Å². The fourth-order valence-corrected chi connectivity index (χ4v) is 6.39. The number of carbonyl (C=O) groups excluding carboxylic acids is 3. The molecular weight excluding hydrogens is 421 g/mol. The molecule has 4 aliphatic heterocycles. The SMILES string of the molecule is Cc1c(Cl)ccc2c1NC(=O)[C@]21[C@@H]2C(=O)N(c3ccc(F)cc3)C(=O)[C@@H]2[C@@H]2CCCN21. The van der Waals surface area contributed by atoms with Crippen molar-refractivity contribution in [1.29, 1.82) is 0 Å². The molecule has 6 nitrogen and oxygen atoms in total. The van der Waals surface area contributed by atoms with Crippen LogP contribution < -0.4 is 10.2 Å². The number of carbonyl (C=O) groups is 3. The maximum atomic E-state index is 13.8. The molecule has 2 aromatic carbocycles. The molecule has 0 unspecified atom stereocenters. The number of rotatable bonds is 1. The molecule has 4 heterocycles. The third kappa shape index (κ3) is 2.13. The van der Waals surface area contributed by atoms with Crippen LogP contribution >= 0.6 is 11.6 Å². The Balaban J connectivity index is 1.56. The molecule has 0 aliphatic carbocycles. The Hall–Kier alpha value is -2.77. The lowest BCUT2D eigenvalue weighted by Crippen LogP contribution is -2.54. The van der Waals surface area contributed by atoms with Crippen molar-refractivity contribution < 1.29 is 18.8 Å². The minimum Gasteiger partial charge on any atom is -0.324 e. The first-order valence-corrected chi connectivity index (χ1v) is 10.8. The number of imide groups is 1. The highest BCUT2D eigenvalue weighted by molar-refractivity contribution is 6.32. The van der Waals surface area contributed by atoms with Crippen LogP contribution in [0.15, 0.2) is 36.4 Å². The van der Waals surface area contributed by atoms with Gasteiger partial charge in [0.15, 0.2) is 0 Å². The van der Waals surface area contributed by atoms with E-state index in [1.54, 1.807) is 12.1 Å². The Bertz CT molecular complexity index is 1180. The summed E-state index contributed by atoms with van der Waals surface area (Å²) in [5, 5.41) is 3.50. The van der Waals surface area contributed by atoms with Crippen LogP contribution in [0.5, 0.6) is 0 Å². The van der Waals surface area contributed by atoms with Gasteiger partial charge in [-0.05, 0) is 62.2 Å². The lowest BCUT2D eigenvalue weighted by Gasteiger charge is -2.36. The first kappa shape index (κ1) is 19.0. The summed E-state index contributed by atoms with van der Waals surface area (Å²) in [5.74, 6) is -2.91. The van der Waals surface area contributed by atoms with Crippen molar-refractivity contribution in [3.8, 4) is 0 Å². The van der Waals surface area contributed by atoms with Gasteiger partial charge in [-0.25, -0.2) is 9.29 Å². The van der Waals surface area contributed by atoms with Gasteiger partial charge in [0.25, 0.3) is 0 Å². The van der Waals surface area contributed by atoms with Crippen molar-refractivity contribution in [2.45, 2.75) is 31.3 Å². The van der Waals surface area contributed by atoms with Gasteiger partial charge >= 0.3 is 0 Å². The second-order valence-corrected chi connectivity index (χ2v) is 9.12. The smallest absolute Gasteiger partial charge is 0.250 e.